The van der Waals surface area contributed by atoms with Crippen LogP contribution in [0.4, 0.5) is 0 Å². The van der Waals surface area contributed by atoms with Crippen molar-refractivity contribution in [1.29, 1.82) is 0 Å². The summed E-state index contributed by atoms with van der Waals surface area (Å²) in [4.78, 5) is 17.1. The molecule has 4 rings (SSSR count). The Hall–Kier alpha value is -2.66. The summed E-state index contributed by atoms with van der Waals surface area (Å²) in [5.41, 5.74) is 4.61. The van der Waals surface area contributed by atoms with E-state index in [0.717, 1.165) is 35.7 Å². The summed E-state index contributed by atoms with van der Waals surface area (Å²) in [7, 11) is 0. The molecule has 1 amide bonds. The summed E-state index contributed by atoms with van der Waals surface area (Å²) in [5, 5.41) is 6.02. The van der Waals surface area contributed by atoms with Gasteiger partial charge in [-0.25, -0.2) is 4.98 Å². The molecule has 0 bridgehead atoms. The number of fused-ring (bicyclic) bond motifs is 1. The quantitative estimate of drug-likeness (QED) is 0.658. The Morgan fingerprint density at radius 2 is 2.04 bits per heavy atom. The van der Waals surface area contributed by atoms with Crippen LogP contribution < -0.4 is 10.1 Å². The predicted octanol–water partition coefficient (Wildman–Crippen LogP) is 4.77. The molecule has 1 aliphatic rings. The highest BCUT2D eigenvalue weighted by Gasteiger charge is 2.21. The van der Waals surface area contributed by atoms with Crippen molar-refractivity contribution >= 4 is 17.2 Å². The Morgan fingerprint density at radius 3 is 2.89 bits per heavy atom. The number of ether oxygens (including phenoxy) is 1. The standard InChI is InChI=1S/C23H24N2O2S/c1-16-9-11-19(12-10-16)27-14-23-24-18(15-28-23)13-22(26)25-21-8-4-6-17-5-2-3-7-20(17)21/h2-3,5,7,9-12,15,21H,4,6,8,13-14H2,1H3,(H,25,26). The number of nitrogens with zero attached hydrogens (tertiary/aromatic N) is 1. The first kappa shape index (κ1) is 18.7. The average molecular weight is 393 g/mol. The summed E-state index contributed by atoms with van der Waals surface area (Å²) >= 11 is 1.53. The third kappa shape index (κ3) is 4.60. The first-order valence-electron chi connectivity index (χ1n) is 9.67. The summed E-state index contributed by atoms with van der Waals surface area (Å²) in [5.74, 6) is 0.856. The highest BCUT2D eigenvalue weighted by Crippen LogP contribution is 2.29. The molecule has 1 heterocycles. The minimum atomic E-state index is 0.0259. The molecule has 4 nitrogen and oxygen atoms in total. The number of thiazole rings is 1. The van der Waals surface area contributed by atoms with Gasteiger partial charge in [-0.15, -0.1) is 11.3 Å². The zero-order valence-electron chi connectivity index (χ0n) is 16.0. The zero-order chi connectivity index (χ0) is 19.3. The van der Waals surface area contributed by atoms with Crippen LogP contribution in [0.1, 0.15) is 46.3 Å². The molecule has 0 fully saturated rings. The Morgan fingerprint density at radius 1 is 1.21 bits per heavy atom. The molecule has 1 aromatic heterocycles. The number of amides is 1. The lowest BCUT2D eigenvalue weighted by molar-refractivity contribution is -0.121. The van der Waals surface area contributed by atoms with Crippen molar-refractivity contribution in [2.45, 2.75) is 45.3 Å². The fraction of sp³-hybridized carbons (Fsp3) is 0.304. The van der Waals surface area contributed by atoms with Crippen LogP contribution in [0.5, 0.6) is 5.75 Å². The molecular weight excluding hydrogens is 368 g/mol. The van der Waals surface area contributed by atoms with Crippen LogP contribution >= 0.6 is 11.3 Å². The Bertz CT molecular complexity index is 949. The number of hydrogen-bond acceptors (Lipinski definition) is 4. The molecule has 0 saturated heterocycles. The summed E-state index contributed by atoms with van der Waals surface area (Å²) in [6.45, 7) is 2.47. The van der Waals surface area contributed by atoms with Crippen molar-refractivity contribution in [1.82, 2.24) is 10.3 Å². The first-order valence-corrected chi connectivity index (χ1v) is 10.6. The Labute approximate surface area is 169 Å². The predicted molar refractivity (Wildman–Crippen MR) is 112 cm³/mol. The molecule has 1 aliphatic carbocycles. The van der Waals surface area contributed by atoms with Gasteiger partial charge in [0.2, 0.25) is 5.91 Å². The molecule has 3 aromatic rings. The third-order valence-corrected chi connectivity index (χ3v) is 5.90. The normalized spacial score (nSPS) is 15.7. The van der Waals surface area contributed by atoms with Crippen molar-refractivity contribution in [3.63, 3.8) is 0 Å². The van der Waals surface area contributed by atoms with Crippen LogP contribution in [-0.2, 0) is 24.2 Å². The largest absolute Gasteiger partial charge is 0.486 e. The Balaban J connectivity index is 1.31. The van der Waals surface area contributed by atoms with Crippen LogP contribution in [0.15, 0.2) is 53.9 Å². The van der Waals surface area contributed by atoms with Crippen LogP contribution in [0.3, 0.4) is 0 Å². The maximum atomic E-state index is 12.5. The summed E-state index contributed by atoms with van der Waals surface area (Å²) in [6, 6.07) is 16.5. The number of aromatic nitrogens is 1. The van der Waals surface area contributed by atoms with Crippen LogP contribution in [-0.4, -0.2) is 10.9 Å². The lowest BCUT2D eigenvalue weighted by atomic mass is 9.87. The van der Waals surface area contributed by atoms with E-state index < -0.39 is 0 Å². The van der Waals surface area contributed by atoms with Crippen molar-refractivity contribution in [3.8, 4) is 5.75 Å². The molecule has 2 aromatic carbocycles. The Kier molecular flexibility index (Phi) is 5.72. The molecular formula is C23H24N2O2S. The number of carbonyl (C=O) groups excluding carboxylic acids is 1. The van der Waals surface area contributed by atoms with Gasteiger partial charge in [0, 0.05) is 5.38 Å². The second-order valence-corrected chi connectivity index (χ2v) is 8.16. The van der Waals surface area contributed by atoms with E-state index in [1.165, 1.54) is 28.0 Å². The van der Waals surface area contributed by atoms with Crippen molar-refractivity contribution < 1.29 is 9.53 Å². The molecule has 1 atom stereocenters. The highest BCUT2D eigenvalue weighted by molar-refractivity contribution is 7.09. The minimum absolute atomic E-state index is 0.0259. The third-order valence-electron chi connectivity index (χ3n) is 5.03. The monoisotopic (exact) mass is 392 g/mol. The van der Waals surface area contributed by atoms with Crippen molar-refractivity contribution in [2.24, 2.45) is 0 Å². The highest BCUT2D eigenvalue weighted by atomic mass is 32.1. The van der Waals surface area contributed by atoms with E-state index >= 15 is 0 Å². The number of benzene rings is 2. The van der Waals surface area contributed by atoms with Gasteiger partial charge in [-0.1, -0.05) is 42.0 Å². The maximum absolute atomic E-state index is 12.5. The molecule has 28 heavy (non-hydrogen) atoms. The lowest BCUT2D eigenvalue weighted by Gasteiger charge is -2.26. The lowest BCUT2D eigenvalue weighted by Crippen LogP contribution is -2.32. The van der Waals surface area contributed by atoms with Gasteiger partial charge in [-0.05, 0) is 49.4 Å². The fourth-order valence-corrected chi connectivity index (χ4v) is 4.29. The van der Waals surface area contributed by atoms with E-state index in [9.17, 15) is 4.79 Å². The molecule has 144 valence electrons. The summed E-state index contributed by atoms with van der Waals surface area (Å²) in [6.07, 6.45) is 3.51. The second kappa shape index (κ2) is 8.57. The van der Waals surface area contributed by atoms with Crippen LogP contribution in [0.25, 0.3) is 0 Å². The molecule has 0 spiro atoms. The maximum Gasteiger partial charge on any atom is 0.226 e. The summed E-state index contributed by atoms with van der Waals surface area (Å²) < 4.78 is 5.77. The smallest absolute Gasteiger partial charge is 0.226 e. The zero-order valence-corrected chi connectivity index (χ0v) is 16.8. The SMILES string of the molecule is Cc1ccc(OCc2nc(CC(=O)NC3CCCc4ccccc43)cs2)cc1. The first-order chi connectivity index (χ1) is 13.7. The molecule has 0 saturated carbocycles. The van der Waals surface area contributed by atoms with Crippen molar-refractivity contribution in [3.05, 3.63) is 81.3 Å². The van der Waals surface area contributed by atoms with Gasteiger partial charge in [0.25, 0.3) is 0 Å². The molecule has 0 aliphatic heterocycles. The number of hydrogen-bond donors (Lipinski definition) is 1. The van der Waals surface area contributed by atoms with E-state index in [1.54, 1.807) is 0 Å². The number of nitrogens with one attached hydrogen (secondary N) is 1. The average Bonchev–Trinajstić information content (AvgIpc) is 3.15. The molecule has 1 unspecified atom stereocenters. The second-order valence-electron chi connectivity index (χ2n) is 7.22. The van der Waals surface area contributed by atoms with Gasteiger partial charge in [0.1, 0.15) is 17.4 Å². The molecule has 0 radical (unpaired) electrons. The molecule has 1 N–H and O–H groups in total. The van der Waals surface area contributed by atoms with Gasteiger partial charge in [0.05, 0.1) is 18.2 Å². The minimum Gasteiger partial charge on any atom is -0.486 e. The van der Waals surface area contributed by atoms with Gasteiger partial charge in [-0.2, -0.15) is 0 Å². The van der Waals surface area contributed by atoms with Gasteiger partial charge in [-0.3, -0.25) is 4.79 Å². The van der Waals surface area contributed by atoms with Gasteiger partial charge < -0.3 is 10.1 Å². The van der Waals surface area contributed by atoms with Gasteiger partial charge in [0.15, 0.2) is 0 Å². The van der Waals surface area contributed by atoms with Crippen LogP contribution in [0, 0.1) is 6.92 Å². The molecule has 5 heteroatoms. The fourth-order valence-electron chi connectivity index (χ4n) is 3.59. The van der Waals surface area contributed by atoms with Crippen molar-refractivity contribution in [2.75, 3.05) is 0 Å². The van der Waals surface area contributed by atoms with Gasteiger partial charge >= 0.3 is 0 Å². The topological polar surface area (TPSA) is 51.2 Å². The number of rotatable bonds is 6. The van der Waals surface area contributed by atoms with E-state index in [4.69, 9.17) is 4.74 Å². The van der Waals surface area contributed by atoms with E-state index in [0.29, 0.717) is 13.0 Å². The van der Waals surface area contributed by atoms with E-state index in [1.807, 2.05) is 42.6 Å². The van der Waals surface area contributed by atoms with Crippen LogP contribution in [0.2, 0.25) is 0 Å². The van der Waals surface area contributed by atoms with E-state index in [2.05, 4.69) is 28.5 Å². The number of carbonyl (C=O) groups is 1. The number of aryl methyl sites for hydroxylation is 2. The van der Waals surface area contributed by atoms with E-state index in [-0.39, 0.29) is 11.9 Å².